The number of urea groups is 1. The molecule has 0 aromatic carbocycles. The Morgan fingerprint density at radius 1 is 1.69 bits per heavy atom. The van der Waals surface area contributed by atoms with E-state index in [1.54, 1.807) is 11.7 Å². The van der Waals surface area contributed by atoms with Gasteiger partial charge < -0.3 is 10.6 Å². The lowest BCUT2D eigenvalue weighted by atomic mass is 10.4. The fourth-order valence-corrected chi connectivity index (χ4v) is 1.34. The summed E-state index contributed by atoms with van der Waals surface area (Å²) >= 11 is 1.53. The first kappa shape index (κ1) is 9.98. The molecule has 72 valence electrons. The van der Waals surface area contributed by atoms with Gasteiger partial charge in [-0.05, 0) is 13.8 Å². The Hall–Kier alpha value is -1.10. The van der Waals surface area contributed by atoms with E-state index >= 15 is 0 Å². The highest BCUT2D eigenvalue weighted by atomic mass is 32.1. The van der Waals surface area contributed by atoms with Gasteiger partial charge in [-0.3, -0.25) is 4.98 Å². The number of carbonyl (C=O) groups excluding carboxylic acids is 1. The zero-order chi connectivity index (χ0) is 9.68. The van der Waals surface area contributed by atoms with Crippen LogP contribution in [0.2, 0.25) is 0 Å². The molecule has 4 nitrogen and oxygen atoms in total. The van der Waals surface area contributed by atoms with Crippen molar-refractivity contribution in [3.63, 3.8) is 0 Å². The number of aromatic nitrogens is 1. The molecule has 1 aromatic heterocycles. The molecule has 0 radical (unpaired) electrons. The Morgan fingerprint density at radius 2 is 2.46 bits per heavy atom. The van der Waals surface area contributed by atoms with Gasteiger partial charge in [0.1, 0.15) is 0 Å². The van der Waals surface area contributed by atoms with Crippen LogP contribution in [0.3, 0.4) is 0 Å². The van der Waals surface area contributed by atoms with Crippen LogP contribution in [0.5, 0.6) is 0 Å². The molecular weight excluding hydrogens is 186 g/mol. The van der Waals surface area contributed by atoms with Crippen LogP contribution in [0, 0.1) is 0 Å². The van der Waals surface area contributed by atoms with Crippen molar-refractivity contribution in [3.05, 3.63) is 16.6 Å². The number of rotatable bonds is 3. The predicted octanol–water partition coefficient (Wildman–Crippen LogP) is 1.35. The van der Waals surface area contributed by atoms with Crippen molar-refractivity contribution in [3.8, 4) is 0 Å². The standard InChI is InChI=1S/C8H13N3OS/c1-6(2)11-8(12)10-4-7-3-9-5-13-7/h3,5-6H,4H2,1-2H3,(H2,10,11,12). The molecule has 0 unspecified atom stereocenters. The van der Waals surface area contributed by atoms with Crippen molar-refractivity contribution in [1.82, 2.24) is 15.6 Å². The van der Waals surface area contributed by atoms with E-state index in [1.807, 2.05) is 13.8 Å². The molecule has 0 spiro atoms. The average Bonchev–Trinajstić information content (AvgIpc) is 2.51. The van der Waals surface area contributed by atoms with Crippen LogP contribution < -0.4 is 10.6 Å². The molecule has 0 aliphatic heterocycles. The van der Waals surface area contributed by atoms with Gasteiger partial charge in [-0.15, -0.1) is 11.3 Å². The van der Waals surface area contributed by atoms with Gasteiger partial charge in [0, 0.05) is 17.1 Å². The van der Waals surface area contributed by atoms with Crippen LogP contribution >= 0.6 is 11.3 Å². The number of hydrogen-bond acceptors (Lipinski definition) is 3. The second-order valence-electron chi connectivity index (χ2n) is 2.95. The number of nitrogens with one attached hydrogen (secondary N) is 2. The van der Waals surface area contributed by atoms with E-state index in [-0.39, 0.29) is 12.1 Å². The summed E-state index contributed by atoms with van der Waals surface area (Å²) in [6.07, 6.45) is 1.75. The number of hydrogen-bond donors (Lipinski definition) is 2. The molecule has 1 heterocycles. The fraction of sp³-hybridized carbons (Fsp3) is 0.500. The summed E-state index contributed by atoms with van der Waals surface area (Å²) in [5, 5.41) is 5.48. The first-order valence-corrected chi connectivity index (χ1v) is 4.98. The van der Waals surface area contributed by atoms with Crippen molar-refractivity contribution in [2.75, 3.05) is 0 Å². The highest BCUT2D eigenvalue weighted by Crippen LogP contribution is 2.03. The molecular formula is C8H13N3OS. The number of carbonyl (C=O) groups is 1. The number of nitrogens with zero attached hydrogens (tertiary/aromatic N) is 1. The quantitative estimate of drug-likeness (QED) is 0.772. The minimum Gasteiger partial charge on any atom is -0.336 e. The smallest absolute Gasteiger partial charge is 0.315 e. The lowest BCUT2D eigenvalue weighted by Gasteiger charge is -2.08. The maximum atomic E-state index is 11.1. The van der Waals surface area contributed by atoms with Gasteiger partial charge in [0.25, 0.3) is 0 Å². The summed E-state index contributed by atoms with van der Waals surface area (Å²) in [5.74, 6) is 0. The van der Waals surface area contributed by atoms with E-state index in [2.05, 4.69) is 15.6 Å². The first-order valence-electron chi connectivity index (χ1n) is 4.10. The van der Waals surface area contributed by atoms with Gasteiger partial charge in [-0.1, -0.05) is 0 Å². The average molecular weight is 199 g/mol. The molecule has 1 rings (SSSR count). The van der Waals surface area contributed by atoms with E-state index in [0.717, 1.165) is 4.88 Å². The normalized spacial score (nSPS) is 10.1. The van der Waals surface area contributed by atoms with Gasteiger partial charge in [-0.25, -0.2) is 4.79 Å². The second-order valence-corrected chi connectivity index (χ2v) is 3.92. The number of amides is 2. The molecule has 0 saturated carbocycles. The van der Waals surface area contributed by atoms with Crippen LogP contribution in [-0.2, 0) is 6.54 Å². The van der Waals surface area contributed by atoms with Crippen molar-refractivity contribution in [2.24, 2.45) is 0 Å². The Kier molecular flexibility index (Phi) is 3.70. The fourth-order valence-electron chi connectivity index (χ4n) is 0.810. The molecule has 0 bridgehead atoms. The molecule has 0 atom stereocenters. The minimum atomic E-state index is -0.136. The molecule has 5 heteroatoms. The zero-order valence-corrected chi connectivity index (χ0v) is 8.52. The topological polar surface area (TPSA) is 54.0 Å². The third kappa shape index (κ3) is 3.89. The van der Waals surface area contributed by atoms with Gasteiger partial charge in [0.05, 0.1) is 12.1 Å². The van der Waals surface area contributed by atoms with Gasteiger partial charge in [-0.2, -0.15) is 0 Å². The third-order valence-electron chi connectivity index (χ3n) is 1.33. The monoisotopic (exact) mass is 199 g/mol. The highest BCUT2D eigenvalue weighted by Gasteiger charge is 2.01. The van der Waals surface area contributed by atoms with Crippen molar-refractivity contribution >= 4 is 17.4 Å². The van der Waals surface area contributed by atoms with Crippen LogP contribution in [-0.4, -0.2) is 17.1 Å². The molecule has 0 saturated heterocycles. The van der Waals surface area contributed by atoms with Gasteiger partial charge >= 0.3 is 6.03 Å². The summed E-state index contributed by atoms with van der Waals surface area (Å²) in [4.78, 5) is 16.1. The molecule has 13 heavy (non-hydrogen) atoms. The molecule has 0 fully saturated rings. The molecule has 0 aliphatic rings. The van der Waals surface area contributed by atoms with Crippen LogP contribution in [0.25, 0.3) is 0 Å². The van der Waals surface area contributed by atoms with Crippen molar-refractivity contribution in [2.45, 2.75) is 26.4 Å². The summed E-state index contributed by atoms with van der Waals surface area (Å²) in [7, 11) is 0. The maximum Gasteiger partial charge on any atom is 0.315 e. The second kappa shape index (κ2) is 4.81. The van der Waals surface area contributed by atoms with Gasteiger partial charge in [0.2, 0.25) is 0 Å². The van der Waals surface area contributed by atoms with E-state index in [4.69, 9.17) is 0 Å². The largest absolute Gasteiger partial charge is 0.336 e. The Bertz CT molecular complexity index is 258. The Labute approximate surface area is 81.4 Å². The highest BCUT2D eigenvalue weighted by molar-refractivity contribution is 7.09. The van der Waals surface area contributed by atoms with Crippen LogP contribution in [0.15, 0.2) is 11.7 Å². The Balaban J connectivity index is 2.23. The van der Waals surface area contributed by atoms with E-state index in [0.29, 0.717) is 6.54 Å². The van der Waals surface area contributed by atoms with E-state index < -0.39 is 0 Å². The molecule has 0 aliphatic carbocycles. The van der Waals surface area contributed by atoms with Crippen LogP contribution in [0.4, 0.5) is 4.79 Å². The van der Waals surface area contributed by atoms with E-state index in [9.17, 15) is 4.79 Å². The zero-order valence-electron chi connectivity index (χ0n) is 7.70. The lowest BCUT2D eigenvalue weighted by Crippen LogP contribution is -2.38. The lowest BCUT2D eigenvalue weighted by molar-refractivity contribution is 0.238. The predicted molar refractivity (Wildman–Crippen MR) is 52.6 cm³/mol. The van der Waals surface area contributed by atoms with Crippen molar-refractivity contribution in [1.29, 1.82) is 0 Å². The summed E-state index contributed by atoms with van der Waals surface area (Å²) in [6.45, 7) is 4.39. The summed E-state index contributed by atoms with van der Waals surface area (Å²) < 4.78 is 0. The SMILES string of the molecule is CC(C)NC(=O)NCc1cncs1. The third-order valence-corrected chi connectivity index (χ3v) is 2.11. The molecule has 2 N–H and O–H groups in total. The minimum absolute atomic E-state index is 0.136. The van der Waals surface area contributed by atoms with E-state index in [1.165, 1.54) is 11.3 Å². The molecule has 1 aromatic rings. The van der Waals surface area contributed by atoms with Gasteiger partial charge in [0.15, 0.2) is 0 Å². The first-order chi connectivity index (χ1) is 6.18. The maximum absolute atomic E-state index is 11.1. The van der Waals surface area contributed by atoms with Crippen LogP contribution in [0.1, 0.15) is 18.7 Å². The molecule has 2 amide bonds. The summed E-state index contributed by atoms with van der Waals surface area (Å²) in [6, 6.07) is 0.0323. The summed E-state index contributed by atoms with van der Waals surface area (Å²) in [5.41, 5.74) is 1.75. The number of thiazole rings is 1. The Morgan fingerprint density at radius 3 is 3.00 bits per heavy atom. The van der Waals surface area contributed by atoms with Crippen molar-refractivity contribution < 1.29 is 4.79 Å².